The Balaban J connectivity index is 1.87. The number of aliphatic carboxylic acids is 1. The molecule has 0 unspecified atom stereocenters. The highest BCUT2D eigenvalue weighted by Crippen LogP contribution is 2.41. The standard InChI is InChI=1S/C30H26F2O2/c1-3-27(24-9-6-10-26(19-24)30(2,31)32)29(25-17-22-7-4-5-8-23(22)18-25)21-14-11-20(12-15-21)13-16-28(33)34/h4-17,19H,3,18H2,1-2H3,(H,33,34)/b16-13+,29-27+. The number of carbonyl (C=O) groups is 1. The van der Waals surface area contributed by atoms with E-state index in [0.29, 0.717) is 6.42 Å². The first-order valence-electron chi connectivity index (χ1n) is 11.3. The lowest BCUT2D eigenvalue weighted by molar-refractivity contribution is -0.131. The van der Waals surface area contributed by atoms with Gasteiger partial charge in [-0.1, -0.05) is 79.7 Å². The van der Waals surface area contributed by atoms with Crippen molar-refractivity contribution in [3.8, 4) is 0 Å². The van der Waals surface area contributed by atoms with Gasteiger partial charge in [0, 0.05) is 18.6 Å². The van der Waals surface area contributed by atoms with Gasteiger partial charge in [-0.15, -0.1) is 0 Å². The van der Waals surface area contributed by atoms with Crippen molar-refractivity contribution in [2.75, 3.05) is 0 Å². The van der Waals surface area contributed by atoms with Crippen LogP contribution in [0.25, 0.3) is 23.3 Å². The van der Waals surface area contributed by atoms with E-state index >= 15 is 0 Å². The average molecular weight is 457 g/mol. The quantitative estimate of drug-likeness (QED) is 0.290. The maximum atomic E-state index is 14.1. The molecule has 1 aliphatic rings. The largest absolute Gasteiger partial charge is 0.478 e. The van der Waals surface area contributed by atoms with Gasteiger partial charge in [0.05, 0.1) is 0 Å². The van der Waals surface area contributed by atoms with Gasteiger partial charge >= 0.3 is 5.97 Å². The van der Waals surface area contributed by atoms with Gasteiger partial charge in [-0.2, -0.15) is 0 Å². The highest BCUT2D eigenvalue weighted by atomic mass is 19.3. The Kier molecular flexibility index (Phi) is 6.60. The fourth-order valence-corrected chi connectivity index (χ4v) is 4.43. The highest BCUT2D eigenvalue weighted by molar-refractivity contribution is 6.02. The molecule has 0 radical (unpaired) electrons. The van der Waals surface area contributed by atoms with Crippen LogP contribution in [0.4, 0.5) is 8.78 Å². The summed E-state index contributed by atoms with van der Waals surface area (Å²) in [4.78, 5) is 10.9. The Morgan fingerprint density at radius 3 is 2.38 bits per heavy atom. The second-order valence-corrected chi connectivity index (χ2v) is 8.52. The first kappa shape index (κ1) is 23.4. The zero-order valence-electron chi connectivity index (χ0n) is 19.2. The number of hydrogen-bond donors (Lipinski definition) is 1. The summed E-state index contributed by atoms with van der Waals surface area (Å²) in [6, 6.07) is 22.5. The van der Waals surface area contributed by atoms with Crippen LogP contribution in [0.3, 0.4) is 0 Å². The van der Waals surface area contributed by atoms with Crippen molar-refractivity contribution in [3.63, 3.8) is 0 Å². The van der Waals surface area contributed by atoms with E-state index in [1.807, 2.05) is 49.4 Å². The number of alkyl halides is 2. The zero-order valence-corrected chi connectivity index (χ0v) is 19.2. The molecule has 3 aromatic rings. The van der Waals surface area contributed by atoms with Crippen LogP contribution in [0.2, 0.25) is 0 Å². The van der Waals surface area contributed by atoms with Gasteiger partial charge in [-0.05, 0) is 69.5 Å². The third kappa shape index (κ3) is 5.07. The summed E-state index contributed by atoms with van der Waals surface area (Å²) in [5.74, 6) is -3.92. The molecule has 1 N–H and O–H groups in total. The van der Waals surface area contributed by atoms with Crippen molar-refractivity contribution in [2.24, 2.45) is 0 Å². The Hall–Kier alpha value is -3.79. The minimum atomic E-state index is -2.92. The molecule has 0 fully saturated rings. The maximum absolute atomic E-state index is 14.1. The normalized spacial score (nSPS) is 14.1. The summed E-state index contributed by atoms with van der Waals surface area (Å²) in [5.41, 5.74) is 8.09. The maximum Gasteiger partial charge on any atom is 0.328 e. The highest BCUT2D eigenvalue weighted by Gasteiger charge is 2.26. The number of hydrogen-bond acceptors (Lipinski definition) is 1. The van der Waals surface area contributed by atoms with Crippen LogP contribution in [0, 0.1) is 0 Å². The molecule has 0 atom stereocenters. The van der Waals surface area contributed by atoms with Crippen molar-refractivity contribution in [1.29, 1.82) is 0 Å². The summed E-state index contributed by atoms with van der Waals surface area (Å²) in [6.07, 6.45) is 6.27. The van der Waals surface area contributed by atoms with Crippen molar-refractivity contribution in [3.05, 3.63) is 118 Å². The number of halogens is 2. The van der Waals surface area contributed by atoms with Crippen LogP contribution in [-0.2, 0) is 17.1 Å². The van der Waals surface area contributed by atoms with Gasteiger partial charge in [-0.25, -0.2) is 13.6 Å². The summed E-state index contributed by atoms with van der Waals surface area (Å²) >= 11 is 0. The molecular weight excluding hydrogens is 430 g/mol. The molecule has 0 aromatic heterocycles. The lowest BCUT2D eigenvalue weighted by Gasteiger charge is -2.19. The van der Waals surface area contributed by atoms with Gasteiger partial charge in [0.15, 0.2) is 0 Å². The molecule has 0 saturated heterocycles. The second-order valence-electron chi connectivity index (χ2n) is 8.52. The molecule has 3 aromatic carbocycles. The third-order valence-electron chi connectivity index (χ3n) is 6.08. The minimum absolute atomic E-state index is 0.00635. The van der Waals surface area contributed by atoms with E-state index in [1.54, 1.807) is 18.2 Å². The number of benzene rings is 3. The zero-order chi connectivity index (χ0) is 24.3. The Morgan fingerprint density at radius 2 is 1.74 bits per heavy atom. The molecular formula is C30H26F2O2. The van der Waals surface area contributed by atoms with Crippen molar-refractivity contribution >= 4 is 29.3 Å². The smallest absolute Gasteiger partial charge is 0.328 e. The summed E-state index contributed by atoms with van der Waals surface area (Å²) < 4.78 is 28.2. The average Bonchev–Trinajstić information content (AvgIpc) is 3.25. The number of allylic oxidation sites excluding steroid dienone is 3. The van der Waals surface area contributed by atoms with Crippen LogP contribution in [0.5, 0.6) is 0 Å². The topological polar surface area (TPSA) is 37.3 Å². The molecule has 34 heavy (non-hydrogen) atoms. The Labute approximate surface area is 198 Å². The summed E-state index contributed by atoms with van der Waals surface area (Å²) in [6.45, 7) is 2.96. The van der Waals surface area contributed by atoms with Crippen LogP contribution in [-0.4, -0.2) is 11.1 Å². The summed E-state index contributed by atoms with van der Waals surface area (Å²) in [7, 11) is 0. The van der Waals surface area contributed by atoms with Crippen LogP contribution < -0.4 is 0 Å². The predicted molar refractivity (Wildman–Crippen MR) is 134 cm³/mol. The molecule has 0 heterocycles. The molecule has 4 rings (SSSR count). The number of fused-ring (bicyclic) bond motifs is 1. The van der Waals surface area contributed by atoms with E-state index in [-0.39, 0.29) is 5.56 Å². The van der Waals surface area contributed by atoms with Gasteiger partial charge in [0.2, 0.25) is 0 Å². The van der Waals surface area contributed by atoms with Crippen molar-refractivity contribution < 1.29 is 18.7 Å². The molecule has 1 aliphatic carbocycles. The molecule has 172 valence electrons. The first-order chi connectivity index (χ1) is 16.3. The Morgan fingerprint density at radius 1 is 1.00 bits per heavy atom. The molecule has 0 aliphatic heterocycles. The monoisotopic (exact) mass is 456 g/mol. The van der Waals surface area contributed by atoms with Crippen molar-refractivity contribution in [1.82, 2.24) is 0 Å². The number of carboxylic acid groups (broad SMARTS) is 1. The Bertz CT molecular complexity index is 1310. The molecule has 0 spiro atoms. The van der Waals surface area contributed by atoms with Gasteiger partial charge in [-0.3, -0.25) is 0 Å². The molecule has 0 amide bonds. The third-order valence-corrected chi connectivity index (χ3v) is 6.08. The molecule has 0 saturated carbocycles. The van der Waals surface area contributed by atoms with E-state index in [0.717, 1.165) is 52.8 Å². The SMILES string of the molecule is CC/C(=C(\C1=Cc2ccccc2C1)c1ccc(/C=C/C(=O)O)cc1)c1cccc(C(C)(F)F)c1. The van der Waals surface area contributed by atoms with E-state index in [2.05, 4.69) is 18.2 Å². The van der Waals surface area contributed by atoms with Crippen LogP contribution >= 0.6 is 0 Å². The lowest BCUT2D eigenvalue weighted by Crippen LogP contribution is -2.07. The predicted octanol–water partition coefficient (Wildman–Crippen LogP) is 7.86. The second kappa shape index (κ2) is 9.60. The fraction of sp³-hybridized carbons (Fsp3) is 0.167. The van der Waals surface area contributed by atoms with Gasteiger partial charge in [0.25, 0.3) is 5.92 Å². The molecule has 0 bridgehead atoms. The fourth-order valence-electron chi connectivity index (χ4n) is 4.43. The number of rotatable bonds is 7. The number of carboxylic acids is 1. The van der Waals surface area contributed by atoms with E-state index < -0.39 is 11.9 Å². The van der Waals surface area contributed by atoms with E-state index in [1.165, 1.54) is 17.2 Å². The lowest BCUT2D eigenvalue weighted by atomic mass is 9.86. The van der Waals surface area contributed by atoms with E-state index in [9.17, 15) is 13.6 Å². The molecule has 2 nitrogen and oxygen atoms in total. The minimum Gasteiger partial charge on any atom is -0.478 e. The van der Waals surface area contributed by atoms with Crippen LogP contribution in [0.15, 0.2) is 84.4 Å². The van der Waals surface area contributed by atoms with Gasteiger partial charge < -0.3 is 5.11 Å². The van der Waals surface area contributed by atoms with Gasteiger partial charge in [0.1, 0.15) is 0 Å². The van der Waals surface area contributed by atoms with E-state index in [4.69, 9.17) is 5.11 Å². The summed E-state index contributed by atoms with van der Waals surface area (Å²) in [5, 5.41) is 8.90. The van der Waals surface area contributed by atoms with Crippen LogP contribution in [0.1, 0.15) is 53.6 Å². The molecule has 4 heteroatoms. The van der Waals surface area contributed by atoms with Crippen molar-refractivity contribution in [2.45, 2.75) is 32.6 Å². The first-order valence-corrected chi connectivity index (χ1v) is 11.3.